The third-order valence-corrected chi connectivity index (χ3v) is 11.4. The molecule has 0 bridgehead atoms. The lowest BCUT2D eigenvalue weighted by molar-refractivity contribution is -0.207. The van der Waals surface area contributed by atoms with E-state index in [1.807, 2.05) is 92.7 Å². The number of aromatic nitrogens is 8. The van der Waals surface area contributed by atoms with E-state index in [1.54, 1.807) is 10.9 Å². The van der Waals surface area contributed by atoms with Gasteiger partial charge in [0.2, 0.25) is 0 Å². The highest BCUT2D eigenvalue weighted by Crippen LogP contribution is 2.47. The Labute approximate surface area is 354 Å². The molecule has 1 aliphatic heterocycles. The molecule has 320 valence electrons. The average molecular weight is 849 g/mol. The molecule has 1 aliphatic rings. The van der Waals surface area contributed by atoms with Crippen molar-refractivity contribution < 1.29 is 27.4 Å². The van der Waals surface area contributed by atoms with Crippen LogP contribution in [0.5, 0.6) is 0 Å². The molecule has 0 spiro atoms. The SMILES string of the molecule is CCC(C(C)OCc1ccccc1)n1ncn(-c2ccc(N3CCN(c4ccc(-c5ccc(C(F)(F)C(O)(Cn6cnnn6)c6ccc(F)cc6F)nc5)cc4)CC3)cc2)c1=O. The Balaban J connectivity index is 0.886. The predicted octanol–water partition coefficient (Wildman–Crippen LogP) is 6.92. The number of halogens is 4. The second-order valence-corrected chi connectivity index (χ2v) is 15.2. The van der Waals surface area contributed by atoms with Crippen LogP contribution in [0, 0.1) is 11.6 Å². The Morgan fingerprint density at radius 3 is 2.05 bits per heavy atom. The lowest BCUT2D eigenvalue weighted by Crippen LogP contribution is -2.48. The number of hydrogen-bond donors (Lipinski definition) is 1. The van der Waals surface area contributed by atoms with Crippen LogP contribution in [-0.4, -0.2) is 76.9 Å². The fraction of sp³-hybridized carbons (Fsp3) is 0.289. The van der Waals surface area contributed by atoms with Gasteiger partial charge in [-0.1, -0.05) is 55.5 Å². The number of alkyl halides is 2. The fourth-order valence-electron chi connectivity index (χ4n) is 7.88. The number of rotatable bonds is 15. The van der Waals surface area contributed by atoms with Gasteiger partial charge in [-0.2, -0.15) is 13.9 Å². The van der Waals surface area contributed by atoms with Crippen molar-refractivity contribution in [2.24, 2.45) is 0 Å². The van der Waals surface area contributed by atoms with Crippen LogP contribution in [0.1, 0.15) is 43.1 Å². The minimum Gasteiger partial charge on any atom is -0.377 e. The van der Waals surface area contributed by atoms with Crippen molar-refractivity contribution in [1.82, 2.24) is 39.5 Å². The first-order valence-corrected chi connectivity index (χ1v) is 20.2. The Hall–Kier alpha value is -6.72. The molecular formula is C45H44F4N10O3. The molecule has 0 radical (unpaired) electrons. The van der Waals surface area contributed by atoms with E-state index in [1.165, 1.54) is 16.9 Å². The maximum Gasteiger partial charge on any atom is 0.350 e. The molecule has 13 nitrogen and oxygen atoms in total. The Morgan fingerprint density at radius 1 is 0.806 bits per heavy atom. The molecule has 3 aromatic heterocycles. The summed E-state index contributed by atoms with van der Waals surface area (Å²) in [7, 11) is 0. The molecule has 0 aliphatic carbocycles. The highest BCUT2D eigenvalue weighted by Gasteiger charge is 2.58. The summed E-state index contributed by atoms with van der Waals surface area (Å²) in [5.74, 6) is -6.51. The van der Waals surface area contributed by atoms with E-state index >= 15 is 8.78 Å². The van der Waals surface area contributed by atoms with Gasteiger partial charge in [-0.05, 0) is 89.5 Å². The van der Waals surface area contributed by atoms with Gasteiger partial charge in [-0.15, -0.1) is 5.10 Å². The van der Waals surface area contributed by atoms with Crippen molar-refractivity contribution >= 4 is 11.4 Å². The summed E-state index contributed by atoms with van der Waals surface area (Å²) >= 11 is 0. The zero-order valence-electron chi connectivity index (χ0n) is 34.0. The van der Waals surface area contributed by atoms with Crippen molar-refractivity contribution in [1.29, 1.82) is 0 Å². The van der Waals surface area contributed by atoms with Crippen molar-refractivity contribution in [3.8, 4) is 16.8 Å². The predicted molar refractivity (Wildman–Crippen MR) is 224 cm³/mol. The van der Waals surface area contributed by atoms with Gasteiger partial charge in [0.1, 0.15) is 30.0 Å². The van der Waals surface area contributed by atoms with Crippen LogP contribution in [0.3, 0.4) is 0 Å². The van der Waals surface area contributed by atoms with E-state index in [9.17, 15) is 18.7 Å². The molecule has 1 fully saturated rings. The topological polar surface area (TPSA) is 132 Å². The molecule has 0 amide bonds. The first-order valence-electron chi connectivity index (χ1n) is 20.2. The standard InChI is InChI=1S/C45H44F4N10O3/c1-3-41(31(2)62-27-32-7-5-4-6-8-32)59-43(60)58(30-52-59)38-17-15-37(16-18-38)56-23-21-55(22-24-56)36-13-9-33(10-14-36)34-11-20-42(50-26-34)45(48,49)44(61,28-57-29-51-53-54-57)39-19-12-35(46)25-40(39)47/h4-20,25-26,29-31,41,61H,3,21-24,27-28H2,1-2H3. The molecule has 0 saturated carbocycles. The van der Waals surface area contributed by atoms with Gasteiger partial charge in [-0.25, -0.2) is 27.5 Å². The van der Waals surface area contributed by atoms with E-state index in [2.05, 4.69) is 35.4 Å². The quantitative estimate of drug-likeness (QED) is 0.109. The number of piperazine rings is 1. The summed E-state index contributed by atoms with van der Waals surface area (Å²) < 4.78 is 71.1. The smallest absolute Gasteiger partial charge is 0.350 e. The van der Waals surface area contributed by atoms with Crippen LogP contribution >= 0.6 is 0 Å². The van der Waals surface area contributed by atoms with Gasteiger partial charge in [-0.3, -0.25) is 4.98 Å². The summed E-state index contributed by atoms with van der Waals surface area (Å²) in [5.41, 5.74) is -0.0285. The van der Waals surface area contributed by atoms with Crippen molar-refractivity contribution in [3.63, 3.8) is 0 Å². The summed E-state index contributed by atoms with van der Waals surface area (Å²) in [6.45, 7) is 6.53. The van der Waals surface area contributed by atoms with E-state index < -0.39 is 41.0 Å². The number of tetrazole rings is 1. The molecule has 7 aromatic rings. The molecule has 62 heavy (non-hydrogen) atoms. The molecule has 3 unspecified atom stereocenters. The highest BCUT2D eigenvalue weighted by molar-refractivity contribution is 5.66. The fourth-order valence-corrected chi connectivity index (χ4v) is 7.88. The lowest BCUT2D eigenvalue weighted by atomic mass is 9.84. The minimum absolute atomic E-state index is 0.223. The van der Waals surface area contributed by atoms with Crippen molar-refractivity contribution in [2.75, 3.05) is 36.0 Å². The summed E-state index contributed by atoms with van der Waals surface area (Å²) in [5, 5.41) is 26.3. The molecule has 1 N–H and O–H groups in total. The van der Waals surface area contributed by atoms with E-state index in [0.29, 0.717) is 24.7 Å². The Morgan fingerprint density at radius 2 is 1.45 bits per heavy atom. The first-order chi connectivity index (χ1) is 29.9. The monoisotopic (exact) mass is 848 g/mol. The molecule has 3 atom stereocenters. The van der Waals surface area contributed by atoms with Gasteiger partial charge >= 0.3 is 11.6 Å². The summed E-state index contributed by atoms with van der Waals surface area (Å²) in [4.78, 5) is 22.1. The highest BCUT2D eigenvalue weighted by atomic mass is 19.3. The largest absolute Gasteiger partial charge is 0.377 e. The number of nitrogens with zero attached hydrogens (tertiary/aromatic N) is 10. The third-order valence-electron chi connectivity index (χ3n) is 11.4. The van der Waals surface area contributed by atoms with Crippen LogP contribution in [0.4, 0.5) is 28.9 Å². The summed E-state index contributed by atoms with van der Waals surface area (Å²) in [6.07, 6.45) is 4.27. The van der Waals surface area contributed by atoms with Gasteiger partial charge in [0.05, 0.1) is 31.0 Å². The second-order valence-electron chi connectivity index (χ2n) is 15.2. The third kappa shape index (κ3) is 8.45. The average Bonchev–Trinajstić information content (AvgIpc) is 3.95. The number of anilines is 2. The zero-order valence-corrected chi connectivity index (χ0v) is 34.0. The van der Waals surface area contributed by atoms with Crippen LogP contribution in [-0.2, 0) is 29.4 Å². The minimum atomic E-state index is -4.16. The van der Waals surface area contributed by atoms with Crippen LogP contribution in [0.2, 0.25) is 0 Å². The maximum atomic E-state index is 16.2. The van der Waals surface area contributed by atoms with Crippen molar-refractivity contribution in [3.05, 3.63) is 167 Å². The Bertz CT molecular complexity index is 2620. The number of hydrogen-bond acceptors (Lipinski definition) is 10. The molecule has 4 heterocycles. The number of pyridine rings is 1. The first kappa shape index (κ1) is 42.0. The molecule has 17 heteroatoms. The van der Waals surface area contributed by atoms with Gasteiger partial charge in [0.15, 0.2) is 5.60 Å². The molecule has 1 saturated heterocycles. The number of ether oxygens (including phenoxy) is 1. The van der Waals surface area contributed by atoms with Gasteiger partial charge < -0.3 is 19.6 Å². The van der Waals surface area contributed by atoms with Gasteiger partial charge in [0.25, 0.3) is 0 Å². The molecule has 8 rings (SSSR count). The summed E-state index contributed by atoms with van der Waals surface area (Å²) in [6, 6.07) is 29.7. The normalized spacial score (nSPS) is 15.3. The van der Waals surface area contributed by atoms with E-state index in [-0.39, 0.29) is 17.8 Å². The van der Waals surface area contributed by atoms with Crippen LogP contribution in [0.15, 0.2) is 133 Å². The van der Waals surface area contributed by atoms with E-state index in [0.717, 1.165) is 83.6 Å². The molecule has 4 aromatic carbocycles. The lowest BCUT2D eigenvalue weighted by Gasteiger charge is -2.37. The second kappa shape index (κ2) is 17.7. The van der Waals surface area contributed by atoms with Gasteiger partial charge in [0, 0.05) is 60.9 Å². The number of aliphatic hydroxyl groups is 1. The van der Waals surface area contributed by atoms with Crippen molar-refractivity contribution in [2.45, 2.75) is 57.1 Å². The Kier molecular flexibility index (Phi) is 12.0. The van der Waals surface area contributed by atoms with E-state index in [4.69, 9.17) is 4.74 Å². The zero-order chi connectivity index (χ0) is 43.4. The van der Waals surface area contributed by atoms with Crippen LogP contribution < -0.4 is 15.5 Å². The number of benzene rings is 4. The maximum absolute atomic E-state index is 16.2. The molecular weight excluding hydrogens is 805 g/mol. The van der Waals surface area contributed by atoms with Crippen LogP contribution in [0.25, 0.3) is 16.8 Å².